The second kappa shape index (κ2) is 5.38. The van der Waals surface area contributed by atoms with Gasteiger partial charge in [0.05, 0.1) is 5.39 Å². The van der Waals surface area contributed by atoms with Crippen molar-refractivity contribution in [3.63, 3.8) is 0 Å². The van der Waals surface area contributed by atoms with Crippen LogP contribution in [0.1, 0.15) is 38.8 Å². The molecule has 0 amide bonds. The van der Waals surface area contributed by atoms with Gasteiger partial charge in [0.1, 0.15) is 5.58 Å². The molecule has 0 aliphatic rings. The Morgan fingerprint density at radius 3 is 2.43 bits per heavy atom. The lowest BCUT2D eigenvalue weighted by Crippen LogP contribution is -2.06. The Kier molecular flexibility index (Phi) is 3.63. The number of para-hydroxylation sites is 1. The molecule has 1 heterocycles. The van der Waals surface area contributed by atoms with Crippen LogP contribution >= 0.6 is 0 Å². The van der Waals surface area contributed by atoms with Gasteiger partial charge < -0.3 is 4.42 Å². The molecule has 118 valence electrons. The number of hydrogen-bond donors (Lipinski definition) is 0. The third-order valence-corrected chi connectivity index (χ3v) is 4.04. The van der Waals surface area contributed by atoms with Gasteiger partial charge in [-0.05, 0) is 42.0 Å². The molecule has 0 spiro atoms. The maximum atomic E-state index is 12.6. The summed E-state index contributed by atoms with van der Waals surface area (Å²) in [7, 11) is 0. The van der Waals surface area contributed by atoms with Crippen LogP contribution in [0.4, 0.5) is 0 Å². The molecule has 0 fully saturated rings. The Labute approximate surface area is 136 Å². The normalized spacial score (nSPS) is 13.0. The molecule has 0 aliphatic heterocycles. The van der Waals surface area contributed by atoms with E-state index in [1.165, 1.54) is 0 Å². The van der Waals surface area contributed by atoms with Crippen molar-refractivity contribution in [2.45, 2.75) is 34.6 Å². The van der Waals surface area contributed by atoms with E-state index >= 15 is 0 Å². The van der Waals surface area contributed by atoms with Crippen LogP contribution in [0, 0.1) is 12.3 Å². The van der Waals surface area contributed by atoms with Crippen LogP contribution in [-0.2, 0) is 0 Å². The second-order valence-corrected chi connectivity index (χ2v) is 7.26. The maximum absolute atomic E-state index is 12.6. The molecular formula is C21H22O2. The van der Waals surface area contributed by atoms with E-state index in [-0.39, 0.29) is 11.0 Å². The minimum Gasteiger partial charge on any atom is -0.422 e. The maximum Gasteiger partial charge on any atom is 0.344 e. The smallest absolute Gasteiger partial charge is 0.344 e. The summed E-state index contributed by atoms with van der Waals surface area (Å²) in [6.07, 6.45) is 2.21. The van der Waals surface area contributed by atoms with Crippen molar-refractivity contribution in [3.8, 4) is 0 Å². The van der Waals surface area contributed by atoms with Gasteiger partial charge in [0.25, 0.3) is 0 Å². The largest absolute Gasteiger partial charge is 0.422 e. The number of hydrogen-bond acceptors (Lipinski definition) is 2. The van der Waals surface area contributed by atoms with Crippen LogP contribution in [0.2, 0.25) is 0 Å². The minimum atomic E-state index is -0.265. The Hall–Kier alpha value is -2.35. The van der Waals surface area contributed by atoms with E-state index in [9.17, 15) is 4.79 Å². The van der Waals surface area contributed by atoms with E-state index < -0.39 is 0 Å². The van der Waals surface area contributed by atoms with Crippen LogP contribution in [0.25, 0.3) is 27.3 Å². The predicted molar refractivity (Wildman–Crippen MR) is 97.8 cm³/mol. The molecule has 0 radical (unpaired) electrons. The van der Waals surface area contributed by atoms with Gasteiger partial charge in [-0.25, -0.2) is 4.79 Å². The first-order chi connectivity index (χ1) is 10.8. The molecule has 3 rings (SSSR count). The van der Waals surface area contributed by atoms with Gasteiger partial charge in [-0.15, -0.1) is 0 Å². The standard InChI is InChI=1S/C21H22O2/c1-13-10-11-16-15-8-6-7-9-17(15)23-20(22)19(16)18(13)14(2)12-21(3,4)5/h6-12H,1-5H3/b14-12-. The fourth-order valence-corrected chi connectivity index (χ4v) is 3.30. The summed E-state index contributed by atoms with van der Waals surface area (Å²) in [4.78, 5) is 12.6. The molecule has 0 atom stereocenters. The molecule has 0 N–H and O–H groups in total. The van der Waals surface area contributed by atoms with Crippen molar-refractivity contribution in [2.24, 2.45) is 5.41 Å². The monoisotopic (exact) mass is 306 g/mol. The van der Waals surface area contributed by atoms with E-state index in [2.05, 4.69) is 39.8 Å². The van der Waals surface area contributed by atoms with E-state index in [4.69, 9.17) is 4.42 Å². The van der Waals surface area contributed by atoms with Crippen molar-refractivity contribution in [3.05, 3.63) is 64.0 Å². The highest BCUT2D eigenvalue weighted by Gasteiger charge is 2.16. The van der Waals surface area contributed by atoms with E-state index in [0.29, 0.717) is 11.0 Å². The van der Waals surface area contributed by atoms with Crippen LogP contribution < -0.4 is 5.63 Å². The number of allylic oxidation sites excluding steroid dienone is 2. The molecule has 0 bridgehead atoms. The number of aryl methyl sites for hydroxylation is 1. The van der Waals surface area contributed by atoms with Crippen LogP contribution in [-0.4, -0.2) is 0 Å². The molecular weight excluding hydrogens is 284 g/mol. The second-order valence-electron chi connectivity index (χ2n) is 7.26. The van der Waals surface area contributed by atoms with Crippen molar-refractivity contribution < 1.29 is 4.42 Å². The van der Waals surface area contributed by atoms with Gasteiger partial charge in [0.2, 0.25) is 0 Å². The highest BCUT2D eigenvalue weighted by Crippen LogP contribution is 2.32. The Morgan fingerprint density at radius 2 is 1.74 bits per heavy atom. The van der Waals surface area contributed by atoms with Crippen LogP contribution in [0.5, 0.6) is 0 Å². The number of fused-ring (bicyclic) bond motifs is 3. The quantitative estimate of drug-likeness (QED) is 0.426. The van der Waals surface area contributed by atoms with E-state index in [1.807, 2.05) is 37.3 Å². The van der Waals surface area contributed by atoms with Gasteiger partial charge in [-0.3, -0.25) is 0 Å². The zero-order valence-electron chi connectivity index (χ0n) is 14.4. The minimum absolute atomic E-state index is 0.0513. The summed E-state index contributed by atoms with van der Waals surface area (Å²) in [6.45, 7) is 10.6. The predicted octanol–water partition coefficient (Wildman–Crippen LogP) is 5.70. The summed E-state index contributed by atoms with van der Waals surface area (Å²) in [5.74, 6) is 0. The third kappa shape index (κ3) is 2.81. The van der Waals surface area contributed by atoms with Crippen LogP contribution in [0.15, 0.2) is 51.7 Å². The molecule has 2 nitrogen and oxygen atoms in total. The molecule has 1 aromatic heterocycles. The first-order valence-electron chi connectivity index (χ1n) is 7.93. The lowest BCUT2D eigenvalue weighted by atomic mass is 9.88. The summed E-state index contributed by atoms with van der Waals surface area (Å²) in [5.41, 5.74) is 3.63. The average molecular weight is 306 g/mol. The zero-order chi connectivity index (χ0) is 16.8. The van der Waals surface area contributed by atoms with Crippen molar-refractivity contribution in [1.29, 1.82) is 0 Å². The summed E-state index contributed by atoms with van der Waals surface area (Å²) < 4.78 is 5.57. The van der Waals surface area contributed by atoms with Gasteiger partial charge in [-0.1, -0.05) is 57.2 Å². The highest BCUT2D eigenvalue weighted by atomic mass is 16.4. The molecule has 0 unspecified atom stereocenters. The van der Waals surface area contributed by atoms with Gasteiger partial charge in [-0.2, -0.15) is 0 Å². The van der Waals surface area contributed by atoms with Gasteiger partial charge in [0, 0.05) is 10.8 Å². The average Bonchev–Trinajstić information content (AvgIpc) is 2.45. The first kappa shape index (κ1) is 15.5. The van der Waals surface area contributed by atoms with E-state index in [0.717, 1.165) is 27.5 Å². The van der Waals surface area contributed by atoms with E-state index in [1.54, 1.807) is 0 Å². The summed E-state index contributed by atoms with van der Waals surface area (Å²) in [6, 6.07) is 11.8. The number of rotatable bonds is 1. The Morgan fingerprint density at radius 1 is 1.04 bits per heavy atom. The van der Waals surface area contributed by atoms with Gasteiger partial charge in [0.15, 0.2) is 0 Å². The molecule has 2 heteroatoms. The summed E-state index contributed by atoms with van der Waals surface area (Å²) >= 11 is 0. The molecule has 3 aromatic rings. The number of benzene rings is 2. The Balaban J connectivity index is 2.48. The lowest BCUT2D eigenvalue weighted by Gasteiger charge is -2.17. The topological polar surface area (TPSA) is 30.2 Å². The third-order valence-electron chi connectivity index (χ3n) is 4.04. The zero-order valence-corrected chi connectivity index (χ0v) is 14.4. The molecule has 23 heavy (non-hydrogen) atoms. The van der Waals surface area contributed by atoms with Crippen molar-refractivity contribution >= 4 is 27.3 Å². The highest BCUT2D eigenvalue weighted by molar-refractivity contribution is 6.08. The molecule has 0 saturated heterocycles. The molecule has 0 saturated carbocycles. The Bertz CT molecular complexity index is 982. The molecule has 0 aliphatic carbocycles. The fraction of sp³-hybridized carbons (Fsp3) is 0.286. The SMILES string of the molecule is C/C(=C/C(C)(C)C)c1c(C)ccc2c1c(=O)oc1ccccc12. The van der Waals surface area contributed by atoms with Crippen molar-refractivity contribution in [1.82, 2.24) is 0 Å². The molecule has 2 aromatic carbocycles. The lowest BCUT2D eigenvalue weighted by molar-refractivity contribution is 0.545. The first-order valence-corrected chi connectivity index (χ1v) is 7.93. The summed E-state index contributed by atoms with van der Waals surface area (Å²) in [5, 5.41) is 2.62. The van der Waals surface area contributed by atoms with Crippen LogP contribution in [0.3, 0.4) is 0 Å². The van der Waals surface area contributed by atoms with Crippen molar-refractivity contribution in [2.75, 3.05) is 0 Å². The van der Waals surface area contributed by atoms with Gasteiger partial charge >= 0.3 is 5.63 Å². The fourth-order valence-electron chi connectivity index (χ4n) is 3.30.